The van der Waals surface area contributed by atoms with Crippen LogP contribution in [0.15, 0.2) is 36.7 Å². The van der Waals surface area contributed by atoms with E-state index in [4.69, 9.17) is 10.5 Å². The maximum Gasteiger partial charge on any atom is 0.221 e. The third kappa shape index (κ3) is 2.20. The van der Waals surface area contributed by atoms with Crippen molar-refractivity contribution in [2.45, 2.75) is 0 Å². The van der Waals surface area contributed by atoms with Gasteiger partial charge in [0.1, 0.15) is 11.3 Å². The van der Waals surface area contributed by atoms with Crippen molar-refractivity contribution in [3.05, 3.63) is 48.3 Å². The molecule has 5 nitrogen and oxygen atoms in total. The lowest BCUT2D eigenvalue weighted by molar-refractivity contribution is 0.424. The second kappa shape index (κ2) is 4.69. The van der Waals surface area contributed by atoms with Crippen LogP contribution in [0.4, 0.5) is 14.5 Å². The van der Waals surface area contributed by atoms with Gasteiger partial charge in [0, 0.05) is 30.6 Å². The molecule has 20 heavy (non-hydrogen) atoms. The van der Waals surface area contributed by atoms with Crippen LogP contribution in [0, 0.1) is 11.6 Å². The van der Waals surface area contributed by atoms with Crippen LogP contribution < -0.4 is 10.5 Å². The number of benzene rings is 1. The highest BCUT2D eigenvalue weighted by molar-refractivity contribution is 5.69. The first kappa shape index (κ1) is 12.2. The summed E-state index contributed by atoms with van der Waals surface area (Å²) in [5.74, 6) is -1.75. The Morgan fingerprint density at radius 2 is 1.80 bits per heavy atom. The van der Waals surface area contributed by atoms with E-state index in [2.05, 4.69) is 15.0 Å². The smallest absolute Gasteiger partial charge is 0.221 e. The average Bonchev–Trinajstić information content (AvgIpc) is 2.44. The molecule has 0 fully saturated rings. The van der Waals surface area contributed by atoms with Crippen LogP contribution in [0.3, 0.4) is 0 Å². The van der Waals surface area contributed by atoms with E-state index in [0.29, 0.717) is 11.2 Å². The summed E-state index contributed by atoms with van der Waals surface area (Å²) >= 11 is 0. The summed E-state index contributed by atoms with van der Waals surface area (Å²) in [6.45, 7) is 0. The van der Waals surface area contributed by atoms with Crippen LogP contribution >= 0.6 is 0 Å². The van der Waals surface area contributed by atoms with E-state index < -0.39 is 11.6 Å². The molecule has 2 aromatic heterocycles. The van der Waals surface area contributed by atoms with Crippen molar-refractivity contribution in [1.82, 2.24) is 15.0 Å². The number of hydrogen-bond acceptors (Lipinski definition) is 5. The number of halogens is 2. The first-order valence-electron chi connectivity index (χ1n) is 5.63. The standard InChI is InChI=1S/C13H8F2N4O/c14-7-6-11(8(15)5-9(7)16)20-12-2-1-10-13(19-12)18-4-3-17-10/h1-6H,16H2. The molecule has 1 aromatic carbocycles. The molecule has 100 valence electrons. The first-order valence-corrected chi connectivity index (χ1v) is 5.63. The van der Waals surface area contributed by atoms with Gasteiger partial charge in [-0.25, -0.2) is 13.8 Å². The Labute approximate surface area is 112 Å². The van der Waals surface area contributed by atoms with Gasteiger partial charge in [-0.15, -0.1) is 0 Å². The van der Waals surface area contributed by atoms with E-state index in [1.807, 2.05) is 0 Å². The number of anilines is 1. The first-order chi connectivity index (χ1) is 9.63. The van der Waals surface area contributed by atoms with E-state index in [1.54, 1.807) is 6.07 Å². The summed E-state index contributed by atoms with van der Waals surface area (Å²) in [5.41, 5.74) is 5.89. The lowest BCUT2D eigenvalue weighted by Crippen LogP contribution is -1.97. The zero-order chi connectivity index (χ0) is 14.1. The minimum absolute atomic E-state index is 0.0843. The van der Waals surface area contributed by atoms with Gasteiger partial charge in [0.05, 0.1) is 5.69 Å². The number of aromatic nitrogens is 3. The molecule has 0 saturated carbocycles. The van der Waals surface area contributed by atoms with Crippen molar-refractivity contribution in [1.29, 1.82) is 0 Å². The van der Waals surface area contributed by atoms with Gasteiger partial charge < -0.3 is 10.5 Å². The fraction of sp³-hybridized carbons (Fsp3) is 0. The summed E-state index contributed by atoms with van der Waals surface area (Å²) in [6.07, 6.45) is 3.00. The molecule has 0 atom stereocenters. The van der Waals surface area contributed by atoms with Gasteiger partial charge in [-0.1, -0.05) is 0 Å². The lowest BCUT2D eigenvalue weighted by Gasteiger charge is -2.07. The van der Waals surface area contributed by atoms with E-state index >= 15 is 0 Å². The Morgan fingerprint density at radius 1 is 1.00 bits per heavy atom. The number of fused-ring (bicyclic) bond motifs is 1. The van der Waals surface area contributed by atoms with Crippen molar-refractivity contribution in [2.24, 2.45) is 0 Å². The summed E-state index contributed by atoms with van der Waals surface area (Å²) in [7, 11) is 0. The molecular weight excluding hydrogens is 266 g/mol. The van der Waals surface area contributed by atoms with Crippen molar-refractivity contribution >= 4 is 16.9 Å². The van der Waals surface area contributed by atoms with Gasteiger partial charge in [0.25, 0.3) is 0 Å². The molecule has 0 amide bonds. The Morgan fingerprint density at radius 3 is 2.65 bits per heavy atom. The monoisotopic (exact) mass is 274 g/mol. The highest BCUT2D eigenvalue weighted by Gasteiger charge is 2.11. The van der Waals surface area contributed by atoms with E-state index in [0.717, 1.165) is 12.1 Å². The van der Waals surface area contributed by atoms with Crippen molar-refractivity contribution in [3.63, 3.8) is 0 Å². The van der Waals surface area contributed by atoms with E-state index in [1.165, 1.54) is 18.5 Å². The molecule has 7 heteroatoms. The molecule has 3 rings (SSSR count). The van der Waals surface area contributed by atoms with E-state index in [9.17, 15) is 8.78 Å². The Kier molecular flexibility index (Phi) is 2.86. The number of nitrogens with zero attached hydrogens (tertiary/aromatic N) is 3. The largest absolute Gasteiger partial charge is 0.436 e. The third-order valence-corrected chi connectivity index (χ3v) is 2.57. The second-order valence-corrected chi connectivity index (χ2v) is 3.95. The van der Waals surface area contributed by atoms with Crippen molar-refractivity contribution in [3.8, 4) is 11.6 Å². The fourth-order valence-electron chi connectivity index (χ4n) is 1.63. The van der Waals surface area contributed by atoms with Gasteiger partial charge in [-0.05, 0) is 6.07 Å². The molecule has 0 aliphatic heterocycles. The molecule has 0 unspecified atom stereocenters. The van der Waals surface area contributed by atoms with Crippen LogP contribution in [-0.4, -0.2) is 15.0 Å². The van der Waals surface area contributed by atoms with Crippen molar-refractivity contribution in [2.75, 3.05) is 5.73 Å². The number of nitrogen functional groups attached to an aromatic ring is 1. The molecule has 0 aliphatic rings. The van der Waals surface area contributed by atoms with Gasteiger partial charge in [-0.2, -0.15) is 4.98 Å². The zero-order valence-corrected chi connectivity index (χ0v) is 10.0. The summed E-state index contributed by atoms with van der Waals surface area (Å²) in [4.78, 5) is 12.1. The molecule has 3 aromatic rings. The lowest BCUT2D eigenvalue weighted by atomic mass is 10.3. The summed E-state index contributed by atoms with van der Waals surface area (Å²) in [5, 5.41) is 0. The van der Waals surface area contributed by atoms with Gasteiger partial charge in [0.15, 0.2) is 17.2 Å². The number of ether oxygens (including phenoxy) is 1. The predicted molar refractivity (Wildman–Crippen MR) is 68.2 cm³/mol. The molecule has 0 aliphatic carbocycles. The maximum atomic E-state index is 13.6. The molecule has 2 heterocycles. The Bertz CT molecular complexity index is 794. The van der Waals surface area contributed by atoms with Gasteiger partial charge >= 0.3 is 0 Å². The Balaban J connectivity index is 1.99. The van der Waals surface area contributed by atoms with Gasteiger partial charge in [-0.3, -0.25) is 4.98 Å². The fourth-order valence-corrected chi connectivity index (χ4v) is 1.63. The number of pyridine rings is 1. The molecule has 0 saturated heterocycles. The molecule has 0 bridgehead atoms. The minimum atomic E-state index is -0.773. The quantitative estimate of drug-likeness (QED) is 0.727. The van der Waals surface area contributed by atoms with Crippen LogP contribution in [-0.2, 0) is 0 Å². The topological polar surface area (TPSA) is 73.9 Å². The minimum Gasteiger partial charge on any atom is -0.436 e. The van der Waals surface area contributed by atoms with Crippen molar-refractivity contribution < 1.29 is 13.5 Å². The van der Waals surface area contributed by atoms with Crippen LogP contribution in [0.2, 0.25) is 0 Å². The number of nitrogens with two attached hydrogens (primary N) is 1. The van der Waals surface area contributed by atoms with Gasteiger partial charge in [0.2, 0.25) is 5.88 Å². The SMILES string of the molecule is Nc1cc(F)c(Oc2ccc3nccnc3n2)cc1F. The molecule has 2 N–H and O–H groups in total. The average molecular weight is 274 g/mol. The zero-order valence-electron chi connectivity index (χ0n) is 10.0. The highest BCUT2D eigenvalue weighted by atomic mass is 19.1. The highest BCUT2D eigenvalue weighted by Crippen LogP contribution is 2.27. The maximum absolute atomic E-state index is 13.6. The number of hydrogen-bond donors (Lipinski definition) is 1. The van der Waals surface area contributed by atoms with Crippen LogP contribution in [0.1, 0.15) is 0 Å². The summed E-state index contributed by atoms with van der Waals surface area (Å²) < 4.78 is 32.1. The summed E-state index contributed by atoms with van der Waals surface area (Å²) in [6, 6.07) is 4.83. The molecular formula is C13H8F2N4O. The van der Waals surface area contributed by atoms with E-state index in [-0.39, 0.29) is 17.3 Å². The Hall–Kier alpha value is -2.83. The molecule has 0 radical (unpaired) electrons. The van der Waals surface area contributed by atoms with Crippen LogP contribution in [0.25, 0.3) is 11.2 Å². The van der Waals surface area contributed by atoms with Crippen LogP contribution in [0.5, 0.6) is 11.6 Å². The second-order valence-electron chi connectivity index (χ2n) is 3.95. The number of rotatable bonds is 2. The normalized spacial score (nSPS) is 10.7. The molecule has 0 spiro atoms. The predicted octanol–water partition coefficient (Wildman–Crippen LogP) is 2.68. The third-order valence-electron chi connectivity index (χ3n) is 2.57.